The van der Waals surface area contributed by atoms with Crippen molar-refractivity contribution in [3.8, 4) is 0 Å². The van der Waals surface area contributed by atoms with Crippen molar-refractivity contribution < 1.29 is 33.0 Å². The summed E-state index contributed by atoms with van der Waals surface area (Å²) in [5.74, 6) is 0.883. The van der Waals surface area contributed by atoms with Crippen molar-refractivity contribution in [1.29, 1.82) is 0 Å². The Balaban J connectivity index is 1.41. The van der Waals surface area contributed by atoms with Crippen LogP contribution in [0.5, 0.6) is 0 Å². The molecule has 0 radical (unpaired) electrons. The van der Waals surface area contributed by atoms with Gasteiger partial charge in [0, 0.05) is 32.8 Å². The Morgan fingerprint density at radius 3 is 2.67 bits per heavy atom. The topological polar surface area (TPSA) is 100 Å². The number of epoxide rings is 1. The van der Waals surface area contributed by atoms with Gasteiger partial charge in [-0.05, 0) is 75.0 Å². The quantitative estimate of drug-likeness (QED) is 0.152. The molecule has 8 nitrogen and oxygen atoms in total. The lowest BCUT2D eigenvalue weighted by atomic mass is 9.85. The molecule has 2 saturated heterocycles. The smallest absolute Gasteiger partial charge is 0.338 e. The van der Waals surface area contributed by atoms with E-state index in [4.69, 9.17) is 23.4 Å². The SMILES string of the molecule is COC(CC1CCC(C)C/C=C/C(C)[C@H]2C[C@H](CC(=O)O2)CC2OC2C(=O)O1)/C(C)=C/C=C/C(C)=C/c1coc(C)n1. The molecule has 42 heavy (non-hydrogen) atoms. The molecule has 8 atom stereocenters. The number of fused-ring (bicyclic) bond motifs is 3. The van der Waals surface area contributed by atoms with Crippen LogP contribution in [0, 0.1) is 24.7 Å². The Bertz CT molecular complexity index is 1190. The molecule has 6 unspecified atom stereocenters. The number of oxazole rings is 1. The third kappa shape index (κ3) is 9.53. The van der Waals surface area contributed by atoms with Gasteiger partial charge in [-0.2, -0.15) is 0 Å². The number of esters is 2. The first kappa shape index (κ1) is 32.0. The van der Waals surface area contributed by atoms with Gasteiger partial charge in [0.05, 0.1) is 12.2 Å². The van der Waals surface area contributed by atoms with Gasteiger partial charge < -0.3 is 23.4 Å². The van der Waals surface area contributed by atoms with Gasteiger partial charge in [-0.25, -0.2) is 9.78 Å². The molecule has 3 aliphatic rings. The molecule has 1 aromatic rings. The summed E-state index contributed by atoms with van der Waals surface area (Å²) < 4.78 is 28.6. The van der Waals surface area contributed by atoms with Crippen molar-refractivity contribution in [3.63, 3.8) is 0 Å². The summed E-state index contributed by atoms with van der Waals surface area (Å²) in [7, 11) is 1.69. The molecule has 0 saturated carbocycles. The number of cyclic esters (lactones) is 1. The molecule has 0 spiro atoms. The molecule has 2 fully saturated rings. The number of aromatic nitrogens is 1. The van der Waals surface area contributed by atoms with Gasteiger partial charge in [0.15, 0.2) is 12.0 Å². The molecular weight excluding hydrogens is 534 g/mol. The molecule has 4 rings (SSSR count). The van der Waals surface area contributed by atoms with Crippen molar-refractivity contribution in [2.75, 3.05) is 7.11 Å². The number of rotatable bonds is 7. The Kier molecular flexibility index (Phi) is 11.4. The van der Waals surface area contributed by atoms with Gasteiger partial charge in [-0.1, -0.05) is 44.2 Å². The molecule has 230 valence electrons. The van der Waals surface area contributed by atoms with Gasteiger partial charge >= 0.3 is 11.9 Å². The van der Waals surface area contributed by atoms with Crippen LogP contribution in [0.25, 0.3) is 6.08 Å². The van der Waals surface area contributed by atoms with E-state index >= 15 is 0 Å². The van der Waals surface area contributed by atoms with Crippen molar-refractivity contribution in [3.05, 3.63) is 59.4 Å². The minimum absolute atomic E-state index is 0.126. The van der Waals surface area contributed by atoms with E-state index in [0.29, 0.717) is 31.1 Å². The number of hydrogen-bond donors (Lipinski definition) is 0. The van der Waals surface area contributed by atoms with Gasteiger partial charge in [0.2, 0.25) is 0 Å². The van der Waals surface area contributed by atoms with Gasteiger partial charge in [0.1, 0.15) is 24.2 Å². The highest BCUT2D eigenvalue weighted by Gasteiger charge is 2.49. The van der Waals surface area contributed by atoms with Crippen LogP contribution in [-0.2, 0) is 28.5 Å². The van der Waals surface area contributed by atoms with Gasteiger partial charge in [-0.15, -0.1) is 0 Å². The number of methoxy groups -OCH3 is 1. The van der Waals surface area contributed by atoms with E-state index < -0.39 is 6.10 Å². The largest absolute Gasteiger partial charge is 0.462 e. The van der Waals surface area contributed by atoms with Gasteiger partial charge in [-0.3, -0.25) is 4.79 Å². The summed E-state index contributed by atoms with van der Waals surface area (Å²) >= 11 is 0. The Morgan fingerprint density at radius 2 is 1.93 bits per heavy atom. The maximum absolute atomic E-state index is 13.1. The second-order valence-corrected chi connectivity index (χ2v) is 12.3. The normalized spacial score (nSPS) is 33.0. The maximum atomic E-state index is 13.1. The van der Waals surface area contributed by atoms with Crippen molar-refractivity contribution in [2.45, 2.75) is 110 Å². The van der Waals surface area contributed by atoms with Crippen molar-refractivity contribution in [2.24, 2.45) is 17.8 Å². The highest BCUT2D eigenvalue weighted by Crippen LogP contribution is 2.37. The molecule has 0 N–H and O–H groups in total. The fourth-order valence-corrected chi connectivity index (χ4v) is 5.86. The second-order valence-electron chi connectivity index (χ2n) is 12.3. The van der Waals surface area contributed by atoms with E-state index in [0.717, 1.165) is 42.5 Å². The van der Waals surface area contributed by atoms with Crippen molar-refractivity contribution in [1.82, 2.24) is 4.98 Å². The highest BCUT2D eigenvalue weighted by atomic mass is 16.6. The van der Waals surface area contributed by atoms with E-state index in [-0.39, 0.29) is 48.2 Å². The molecule has 2 bridgehead atoms. The van der Waals surface area contributed by atoms with Crippen molar-refractivity contribution >= 4 is 18.0 Å². The van der Waals surface area contributed by atoms with Crippen LogP contribution in [0.4, 0.5) is 0 Å². The average Bonchev–Trinajstić information content (AvgIpc) is 3.59. The second kappa shape index (κ2) is 15.0. The third-order valence-corrected chi connectivity index (χ3v) is 8.51. The molecule has 0 aliphatic carbocycles. The standard InChI is InChI=1S/C34H47NO7/c1-21-9-7-12-24(4)30-16-26(18-32(36)41-30)17-31-33(42-31)34(37)40-28(14-13-21)19-29(38-6)23(3)11-8-10-22(2)15-27-20-39-25(5)35-27/h7-8,10-12,15,20-21,24,26,28-31,33H,9,13-14,16-19H2,1-6H3/b10-8+,12-7+,22-15+,23-11+/t21?,24?,26-,28?,29?,30+,31?,33?/m0/s1. The number of carbonyl (C=O) groups is 2. The molecule has 1 aromatic heterocycles. The lowest BCUT2D eigenvalue weighted by Crippen LogP contribution is -2.34. The third-order valence-electron chi connectivity index (χ3n) is 8.51. The maximum Gasteiger partial charge on any atom is 0.338 e. The number of ether oxygens (including phenoxy) is 4. The first-order valence-electron chi connectivity index (χ1n) is 15.3. The number of aryl methyl sites for hydroxylation is 1. The van der Waals surface area contributed by atoms with E-state index in [1.54, 1.807) is 13.4 Å². The van der Waals surface area contributed by atoms with Crippen LogP contribution in [0.15, 0.2) is 52.2 Å². The average molecular weight is 582 g/mol. The van der Waals surface area contributed by atoms with E-state index in [1.165, 1.54) is 0 Å². The first-order valence-corrected chi connectivity index (χ1v) is 15.3. The van der Waals surface area contributed by atoms with E-state index in [2.05, 4.69) is 31.0 Å². The number of hydrogen-bond acceptors (Lipinski definition) is 8. The van der Waals surface area contributed by atoms with Crippen LogP contribution in [0.3, 0.4) is 0 Å². The fraction of sp³-hybridized carbons (Fsp3) is 0.618. The summed E-state index contributed by atoms with van der Waals surface area (Å²) in [6.07, 6.45) is 17.7. The monoisotopic (exact) mass is 581 g/mol. The summed E-state index contributed by atoms with van der Waals surface area (Å²) in [5.41, 5.74) is 2.88. The molecule has 8 heteroatoms. The minimum atomic E-state index is -0.560. The Labute approximate surface area is 250 Å². The minimum Gasteiger partial charge on any atom is -0.462 e. The zero-order chi connectivity index (χ0) is 30.2. The van der Waals surface area contributed by atoms with Gasteiger partial charge in [0.25, 0.3) is 0 Å². The van der Waals surface area contributed by atoms with Crippen LogP contribution < -0.4 is 0 Å². The highest BCUT2D eigenvalue weighted by molar-refractivity contribution is 5.78. The predicted molar refractivity (Wildman–Crippen MR) is 160 cm³/mol. The number of allylic oxidation sites excluding steroid dienone is 5. The summed E-state index contributed by atoms with van der Waals surface area (Å²) in [5, 5.41) is 0. The summed E-state index contributed by atoms with van der Waals surface area (Å²) in [6.45, 7) is 10.2. The van der Waals surface area contributed by atoms with Crippen LogP contribution >= 0.6 is 0 Å². The molecule has 4 heterocycles. The molecule has 3 aliphatic heterocycles. The number of carbonyl (C=O) groups excluding carboxylic acids is 2. The summed E-state index contributed by atoms with van der Waals surface area (Å²) in [4.78, 5) is 29.7. The Hall–Kier alpha value is -2.97. The number of nitrogens with zero attached hydrogens (tertiary/aromatic N) is 1. The summed E-state index contributed by atoms with van der Waals surface area (Å²) in [6, 6.07) is 0. The first-order chi connectivity index (χ1) is 20.1. The molecular formula is C34H47NO7. The van der Waals surface area contributed by atoms with E-state index in [9.17, 15) is 9.59 Å². The zero-order valence-corrected chi connectivity index (χ0v) is 25.9. The van der Waals surface area contributed by atoms with Crippen LogP contribution in [0.1, 0.15) is 84.2 Å². The molecule has 0 aromatic carbocycles. The molecule has 0 amide bonds. The fourth-order valence-electron chi connectivity index (χ4n) is 5.86. The van der Waals surface area contributed by atoms with Crippen LogP contribution in [-0.4, -0.2) is 54.6 Å². The lowest BCUT2D eigenvalue weighted by molar-refractivity contribution is -0.159. The zero-order valence-electron chi connectivity index (χ0n) is 25.9. The lowest BCUT2D eigenvalue weighted by Gasteiger charge is -2.31. The van der Waals surface area contributed by atoms with E-state index in [1.807, 2.05) is 45.1 Å². The van der Waals surface area contributed by atoms with Crippen LogP contribution in [0.2, 0.25) is 0 Å². The Morgan fingerprint density at radius 1 is 1.14 bits per heavy atom. The predicted octanol–water partition coefficient (Wildman–Crippen LogP) is 6.70.